The SMILES string of the molecule is COc1nc(N[C@@H]2CCN(C(=O)c3ccc(NC(=O)/C=C/CN(C)C)c(C)c3)C2)ncc1Br. The van der Waals surface area contributed by atoms with E-state index in [0.717, 1.165) is 12.0 Å². The molecule has 0 saturated carbocycles. The molecular weight excluding hydrogens is 488 g/mol. The minimum absolute atomic E-state index is 0.0412. The molecule has 10 heteroatoms. The molecule has 1 aromatic carbocycles. The maximum atomic E-state index is 13.0. The molecule has 0 bridgehead atoms. The molecule has 0 radical (unpaired) electrons. The van der Waals surface area contributed by atoms with E-state index in [0.29, 0.717) is 47.2 Å². The van der Waals surface area contributed by atoms with E-state index in [9.17, 15) is 9.59 Å². The van der Waals surface area contributed by atoms with Crippen LogP contribution in [0.3, 0.4) is 0 Å². The number of nitrogens with one attached hydrogen (secondary N) is 2. The van der Waals surface area contributed by atoms with E-state index in [1.807, 2.05) is 36.9 Å². The molecule has 1 fully saturated rings. The number of aromatic nitrogens is 2. The molecule has 9 nitrogen and oxygen atoms in total. The summed E-state index contributed by atoms with van der Waals surface area (Å²) in [5.74, 6) is 0.680. The van der Waals surface area contributed by atoms with Crippen LogP contribution in [0.25, 0.3) is 0 Å². The fourth-order valence-corrected chi connectivity index (χ4v) is 3.83. The Bertz CT molecular complexity index is 1040. The van der Waals surface area contributed by atoms with Crippen molar-refractivity contribution in [2.45, 2.75) is 19.4 Å². The highest BCUT2D eigenvalue weighted by Gasteiger charge is 2.28. The number of likely N-dealkylation sites (N-methyl/N-ethyl adjacent to an activating group) is 1. The van der Waals surface area contributed by atoms with E-state index in [1.165, 1.54) is 6.08 Å². The highest BCUT2D eigenvalue weighted by molar-refractivity contribution is 9.10. The van der Waals surface area contributed by atoms with E-state index in [-0.39, 0.29) is 17.9 Å². The minimum atomic E-state index is -0.195. The zero-order valence-corrected chi connectivity index (χ0v) is 20.8. The summed E-state index contributed by atoms with van der Waals surface area (Å²) in [4.78, 5) is 37.5. The molecule has 1 aliphatic rings. The van der Waals surface area contributed by atoms with Crippen LogP contribution in [0.2, 0.25) is 0 Å². The van der Waals surface area contributed by atoms with Crippen LogP contribution in [0.1, 0.15) is 22.3 Å². The van der Waals surface area contributed by atoms with Crippen LogP contribution in [0.5, 0.6) is 5.88 Å². The van der Waals surface area contributed by atoms with Crippen molar-refractivity contribution in [1.82, 2.24) is 19.8 Å². The Morgan fingerprint density at radius 2 is 2.15 bits per heavy atom. The average molecular weight is 517 g/mol. The second kappa shape index (κ2) is 11.2. The van der Waals surface area contributed by atoms with Crippen LogP contribution in [0.15, 0.2) is 41.0 Å². The van der Waals surface area contributed by atoms with E-state index in [2.05, 4.69) is 36.5 Å². The quantitative estimate of drug-likeness (QED) is 0.520. The Morgan fingerprint density at radius 3 is 2.85 bits per heavy atom. The van der Waals surface area contributed by atoms with Gasteiger partial charge in [-0.25, -0.2) is 4.98 Å². The number of halogens is 1. The Hall–Kier alpha value is -2.98. The molecule has 0 unspecified atom stereocenters. The molecule has 1 aliphatic heterocycles. The van der Waals surface area contributed by atoms with Crippen LogP contribution in [0, 0.1) is 6.92 Å². The van der Waals surface area contributed by atoms with Gasteiger partial charge in [0, 0.05) is 43.0 Å². The number of hydrogen-bond donors (Lipinski definition) is 2. The number of anilines is 2. The molecule has 1 atom stereocenters. The maximum absolute atomic E-state index is 13.0. The highest BCUT2D eigenvalue weighted by atomic mass is 79.9. The van der Waals surface area contributed by atoms with Gasteiger partial charge in [0.25, 0.3) is 5.91 Å². The normalized spacial score (nSPS) is 15.8. The molecule has 176 valence electrons. The van der Waals surface area contributed by atoms with Gasteiger partial charge < -0.3 is 25.2 Å². The van der Waals surface area contributed by atoms with Crippen LogP contribution in [-0.2, 0) is 4.79 Å². The topological polar surface area (TPSA) is 99.7 Å². The predicted molar refractivity (Wildman–Crippen MR) is 132 cm³/mol. The molecular formula is C23H29BrN6O3. The number of nitrogens with zero attached hydrogens (tertiary/aromatic N) is 4. The van der Waals surface area contributed by atoms with Crippen molar-refractivity contribution in [2.24, 2.45) is 0 Å². The second-order valence-electron chi connectivity index (χ2n) is 8.12. The van der Waals surface area contributed by atoms with E-state index in [4.69, 9.17) is 4.74 Å². The van der Waals surface area contributed by atoms with Crippen molar-refractivity contribution in [3.8, 4) is 5.88 Å². The second-order valence-corrected chi connectivity index (χ2v) is 8.97. The third-order valence-corrected chi connectivity index (χ3v) is 5.73. The first-order chi connectivity index (χ1) is 15.8. The van der Waals surface area contributed by atoms with E-state index < -0.39 is 0 Å². The smallest absolute Gasteiger partial charge is 0.253 e. The number of amides is 2. The fourth-order valence-electron chi connectivity index (χ4n) is 3.47. The van der Waals surface area contributed by atoms with Crippen molar-refractivity contribution in [3.05, 3.63) is 52.1 Å². The number of hydrogen-bond acceptors (Lipinski definition) is 7. The largest absolute Gasteiger partial charge is 0.480 e. The molecule has 1 saturated heterocycles. The van der Waals surface area contributed by atoms with E-state index >= 15 is 0 Å². The number of rotatable bonds is 8. The zero-order valence-electron chi connectivity index (χ0n) is 19.3. The van der Waals surface area contributed by atoms with Crippen LogP contribution < -0.4 is 15.4 Å². The highest BCUT2D eigenvalue weighted by Crippen LogP contribution is 2.24. The lowest BCUT2D eigenvalue weighted by Gasteiger charge is -2.18. The number of ether oxygens (including phenoxy) is 1. The standard InChI is InChI=1S/C23H29BrN6O3/c1-15-12-16(7-8-19(15)27-20(31)6-5-10-29(2)3)22(32)30-11-9-17(14-30)26-23-25-13-18(24)21(28-23)33-4/h5-8,12-13,17H,9-11,14H2,1-4H3,(H,27,31)(H,25,26,28)/b6-5+/t17-/m1/s1. The van der Waals surface area contributed by atoms with Crippen LogP contribution in [0.4, 0.5) is 11.6 Å². The van der Waals surface area contributed by atoms with Gasteiger partial charge >= 0.3 is 0 Å². The fraction of sp³-hybridized carbons (Fsp3) is 0.391. The third-order valence-electron chi connectivity index (χ3n) is 5.18. The molecule has 0 spiro atoms. The van der Waals surface area contributed by atoms with Gasteiger partial charge in [0.05, 0.1) is 17.8 Å². The summed E-state index contributed by atoms with van der Waals surface area (Å²) in [6.07, 6.45) is 5.74. The Balaban J connectivity index is 1.58. The van der Waals surface area contributed by atoms with Crippen LogP contribution >= 0.6 is 15.9 Å². The molecule has 2 amide bonds. The van der Waals surface area contributed by atoms with Gasteiger partial charge in [-0.3, -0.25) is 9.59 Å². The van der Waals surface area contributed by atoms with Gasteiger partial charge in [-0.2, -0.15) is 4.98 Å². The Kier molecular flexibility index (Phi) is 8.40. The molecule has 2 heterocycles. The molecule has 3 rings (SSSR count). The summed E-state index contributed by atoms with van der Waals surface area (Å²) in [5, 5.41) is 6.13. The van der Waals surface area contributed by atoms with Gasteiger partial charge in [0.15, 0.2) is 0 Å². The lowest BCUT2D eigenvalue weighted by atomic mass is 10.1. The number of likely N-dealkylation sites (tertiary alicyclic amines) is 1. The first-order valence-corrected chi connectivity index (χ1v) is 11.4. The van der Waals surface area contributed by atoms with Gasteiger partial charge in [-0.05, 0) is 67.1 Å². The maximum Gasteiger partial charge on any atom is 0.253 e. The van der Waals surface area contributed by atoms with Crippen molar-refractivity contribution in [2.75, 3.05) is 51.5 Å². The molecule has 2 aromatic rings. The minimum Gasteiger partial charge on any atom is -0.480 e. The summed E-state index contributed by atoms with van der Waals surface area (Å²) in [5.41, 5.74) is 2.11. The van der Waals surface area contributed by atoms with Crippen molar-refractivity contribution >= 4 is 39.4 Å². The molecule has 33 heavy (non-hydrogen) atoms. The number of benzene rings is 1. The van der Waals surface area contributed by atoms with Crippen LogP contribution in [-0.4, -0.2) is 78.5 Å². The molecule has 0 aliphatic carbocycles. The van der Waals surface area contributed by atoms with Gasteiger partial charge in [-0.15, -0.1) is 0 Å². The average Bonchev–Trinajstić information content (AvgIpc) is 3.24. The summed E-state index contributed by atoms with van der Waals surface area (Å²) < 4.78 is 5.89. The summed E-state index contributed by atoms with van der Waals surface area (Å²) in [7, 11) is 5.42. The van der Waals surface area contributed by atoms with Gasteiger partial charge in [-0.1, -0.05) is 6.08 Å². The third kappa shape index (κ3) is 6.75. The van der Waals surface area contributed by atoms with E-state index in [1.54, 1.807) is 31.5 Å². The molecule has 2 N–H and O–H groups in total. The Morgan fingerprint density at radius 1 is 1.36 bits per heavy atom. The monoisotopic (exact) mass is 516 g/mol. The lowest BCUT2D eigenvalue weighted by molar-refractivity contribution is -0.111. The first-order valence-electron chi connectivity index (χ1n) is 10.6. The Labute approximate surface area is 202 Å². The number of aryl methyl sites for hydroxylation is 1. The van der Waals surface area contributed by atoms with Crippen molar-refractivity contribution in [3.63, 3.8) is 0 Å². The summed E-state index contributed by atoms with van der Waals surface area (Å²) >= 11 is 3.34. The predicted octanol–water partition coefficient (Wildman–Crippen LogP) is 2.94. The first kappa shape index (κ1) is 24.7. The van der Waals surface area contributed by atoms with Crippen molar-refractivity contribution < 1.29 is 14.3 Å². The zero-order chi connectivity index (χ0) is 24.0. The summed E-state index contributed by atoms with van der Waals surface area (Å²) in [6, 6.07) is 5.38. The van der Waals surface area contributed by atoms with Gasteiger partial charge in [0.2, 0.25) is 17.7 Å². The number of carbonyl (C=O) groups excluding carboxylic acids is 2. The van der Waals surface area contributed by atoms with Gasteiger partial charge in [0.1, 0.15) is 0 Å². The summed E-state index contributed by atoms with van der Waals surface area (Å²) in [6.45, 7) is 3.75. The lowest BCUT2D eigenvalue weighted by Crippen LogP contribution is -2.32. The molecule has 1 aromatic heterocycles. The number of carbonyl (C=O) groups is 2. The number of methoxy groups -OCH3 is 1. The van der Waals surface area contributed by atoms with Crippen molar-refractivity contribution in [1.29, 1.82) is 0 Å².